The first-order valence-corrected chi connectivity index (χ1v) is 4.73. The van der Waals surface area contributed by atoms with Crippen molar-refractivity contribution >= 4 is 11.0 Å². The first-order valence-electron chi connectivity index (χ1n) is 4.73. The summed E-state index contributed by atoms with van der Waals surface area (Å²) in [6, 6.07) is 8.38. The van der Waals surface area contributed by atoms with Crippen molar-refractivity contribution in [2.75, 3.05) is 0 Å². The SMILES string of the molecule is CC(C)C[n+]1c[nH]c2ccccc21. The van der Waals surface area contributed by atoms with Crippen LogP contribution in [0.3, 0.4) is 0 Å². The molecular formula is C11H15N2+. The molecule has 68 valence electrons. The second-order valence-corrected chi connectivity index (χ2v) is 3.84. The maximum absolute atomic E-state index is 3.26. The van der Waals surface area contributed by atoms with Gasteiger partial charge in [0.25, 0.3) is 0 Å². The van der Waals surface area contributed by atoms with Gasteiger partial charge in [0.05, 0.1) is 6.54 Å². The number of aromatic nitrogens is 2. The summed E-state index contributed by atoms with van der Waals surface area (Å²) in [5.74, 6) is 0.684. The minimum Gasteiger partial charge on any atom is -0.243 e. The third-order valence-corrected chi connectivity index (χ3v) is 2.15. The summed E-state index contributed by atoms with van der Waals surface area (Å²) in [5, 5.41) is 0. The van der Waals surface area contributed by atoms with Crippen LogP contribution in [0.2, 0.25) is 0 Å². The molecule has 0 unspecified atom stereocenters. The molecule has 0 bridgehead atoms. The number of hydrogen-bond acceptors (Lipinski definition) is 0. The number of imidazole rings is 1. The van der Waals surface area contributed by atoms with E-state index in [0.29, 0.717) is 5.92 Å². The molecule has 2 heteroatoms. The predicted molar refractivity (Wildman–Crippen MR) is 53.3 cm³/mol. The zero-order chi connectivity index (χ0) is 9.26. The van der Waals surface area contributed by atoms with Gasteiger partial charge in [-0.3, -0.25) is 0 Å². The van der Waals surface area contributed by atoms with Gasteiger partial charge in [0.1, 0.15) is 0 Å². The second-order valence-electron chi connectivity index (χ2n) is 3.84. The Kier molecular flexibility index (Phi) is 2.05. The molecule has 0 spiro atoms. The molecule has 0 atom stereocenters. The number of rotatable bonds is 2. The number of hydrogen-bond donors (Lipinski definition) is 1. The van der Waals surface area contributed by atoms with E-state index in [1.54, 1.807) is 0 Å². The molecule has 0 saturated heterocycles. The van der Waals surface area contributed by atoms with E-state index in [1.165, 1.54) is 11.0 Å². The van der Waals surface area contributed by atoms with Gasteiger partial charge in [0, 0.05) is 0 Å². The standard InChI is InChI=1S/C11H14N2/c1-9(2)7-13-8-12-10-5-3-4-6-11(10)13/h3-6,8-9H,7H2,1-2H3/p+1. The highest BCUT2D eigenvalue weighted by atomic mass is 15.0. The number of nitrogens with one attached hydrogen (secondary N) is 1. The molecular weight excluding hydrogens is 160 g/mol. The first-order chi connectivity index (χ1) is 6.27. The van der Waals surface area contributed by atoms with Gasteiger partial charge in [0.2, 0.25) is 6.33 Å². The minimum atomic E-state index is 0.684. The summed E-state index contributed by atoms with van der Waals surface area (Å²) in [6.07, 6.45) is 2.05. The Morgan fingerprint density at radius 2 is 2.08 bits per heavy atom. The second kappa shape index (κ2) is 3.21. The monoisotopic (exact) mass is 175 g/mol. The smallest absolute Gasteiger partial charge is 0.242 e. The summed E-state index contributed by atoms with van der Waals surface area (Å²) in [7, 11) is 0. The van der Waals surface area contributed by atoms with Gasteiger partial charge in [-0.05, 0) is 18.1 Å². The zero-order valence-electron chi connectivity index (χ0n) is 8.12. The number of nitrogens with zero attached hydrogens (tertiary/aromatic N) is 1. The van der Waals surface area contributed by atoms with Crippen LogP contribution in [0, 0.1) is 5.92 Å². The van der Waals surface area contributed by atoms with E-state index < -0.39 is 0 Å². The van der Waals surface area contributed by atoms with Crippen LogP contribution in [-0.2, 0) is 6.54 Å². The Labute approximate surface area is 78.2 Å². The van der Waals surface area contributed by atoms with Crippen LogP contribution in [0.5, 0.6) is 0 Å². The van der Waals surface area contributed by atoms with Crippen LogP contribution in [-0.4, -0.2) is 4.98 Å². The summed E-state index contributed by atoms with van der Waals surface area (Å²) >= 11 is 0. The lowest BCUT2D eigenvalue weighted by Gasteiger charge is -2.00. The van der Waals surface area contributed by atoms with Crippen LogP contribution in [0.15, 0.2) is 30.6 Å². The zero-order valence-corrected chi connectivity index (χ0v) is 8.12. The number of H-pyrrole nitrogens is 1. The van der Waals surface area contributed by atoms with E-state index in [-0.39, 0.29) is 0 Å². The summed E-state index contributed by atoms with van der Waals surface area (Å²) in [5.41, 5.74) is 2.50. The highest BCUT2D eigenvalue weighted by Gasteiger charge is 2.08. The molecule has 1 aromatic heterocycles. The molecule has 13 heavy (non-hydrogen) atoms. The molecule has 0 aliphatic heterocycles. The van der Waals surface area contributed by atoms with Gasteiger partial charge in [-0.1, -0.05) is 26.0 Å². The third-order valence-electron chi connectivity index (χ3n) is 2.15. The van der Waals surface area contributed by atoms with Gasteiger partial charge >= 0.3 is 0 Å². The van der Waals surface area contributed by atoms with Gasteiger partial charge in [-0.15, -0.1) is 0 Å². The van der Waals surface area contributed by atoms with Gasteiger partial charge in [-0.25, -0.2) is 9.55 Å². The quantitative estimate of drug-likeness (QED) is 0.674. The van der Waals surface area contributed by atoms with E-state index in [1.807, 2.05) is 6.33 Å². The molecule has 2 aromatic rings. The number of aromatic amines is 1. The molecule has 0 aliphatic rings. The Morgan fingerprint density at radius 3 is 2.85 bits per heavy atom. The van der Waals surface area contributed by atoms with Crippen LogP contribution < -0.4 is 4.57 Å². The fraction of sp³-hybridized carbons (Fsp3) is 0.364. The van der Waals surface area contributed by atoms with Gasteiger partial charge < -0.3 is 0 Å². The van der Waals surface area contributed by atoms with Crippen molar-refractivity contribution in [2.45, 2.75) is 20.4 Å². The molecule has 0 fully saturated rings. The maximum Gasteiger partial charge on any atom is 0.242 e. The van der Waals surface area contributed by atoms with E-state index >= 15 is 0 Å². The third kappa shape index (κ3) is 1.57. The highest BCUT2D eigenvalue weighted by Crippen LogP contribution is 2.06. The van der Waals surface area contributed by atoms with Crippen LogP contribution in [0.25, 0.3) is 11.0 Å². The summed E-state index contributed by atoms with van der Waals surface area (Å²) < 4.78 is 2.26. The Bertz CT molecular complexity index is 401. The average molecular weight is 175 g/mol. The molecule has 0 aliphatic carbocycles. The number of benzene rings is 1. The molecule has 1 N–H and O–H groups in total. The van der Waals surface area contributed by atoms with Crippen LogP contribution in [0.1, 0.15) is 13.8 Å². The molecule has 0 amide bonds. The minimum absolute atomic E-state index is 0.684. The fourth-order valence-corrected chi connectivity index (χ4v) is 1.61. The molecule has 1 aromatic carbocycles. The Hall–Kier alpha value is -1.31. The van der Waals surface area contributed by atoms with Crippen molar-refractivity contribution in [3.63, 3.8) is 0 Å². The Morgan fingerprint density at radius 1 is 1.31 bits per heavy atom. The summed E-state index contributed by atoms with van der Waals surface area (Å²) in [6.45, 7) is 5.54. The lowest BCUT2D eigenvalue weighted by Crippen LogP contribution is -2.34. The van der Waals surface area contributed by atoms with Crippen LogP contribution >= 0.6 is 0 Å². The molecule has 2 rings (SSSR count). The fourth-order valence-electron chi connectivity index (χ4n) is 1.61. The van der Waals surface area contributed by atoms with E-state index in [0.717, 1.165) is 6.54 Å². The molecule has 1 heterocycles. The van der Waals surface area contributed by atoms with E-state index in [9.17, 15) is 0 Å². The number of fused-ring (bicyclic) bond motifs is 1. The largest absolute Gasteiger partial charge is 0.243 e. The normalized spacial score (nSPS) is 11.3. The lowest BCUT2D eigenvalue weighted by atomic mass is 10.2. The first kappa shape index (κ1) is 8.30. The lowest BCUT2D eigenvalue weighted by molar-refractivity contribution is -0.676. The highest BCUT2D eigenvalue weighted by molar-refractivity contribution is 5.70. The summed E-state index contributed by atoms with van der Waals surface area (Å²) in [4.78, 5) is 3.26. The van der Waals surface area contributed by atoms with Crippen molar-refractivity contribution in [3.8, 4) is 0 Å². The van der Waals surface area contributed by atoms with Crippen molar-refractivity contribution in [1.82, 2.24) is 4.98 Å². The van der Waals surface area contributed by atoms with Crippen LogP contribution in [0.4, 0.5) is 0 Å². The van der Waals surface area contributed by atoms with E-state index in [4.69, 9.17) is 0 Å². The molecule has 0 saturated carbocycles. The number of para-hydroxylation sites is 2. The van der Waals surface area contributed by atoms with Crippen molar-refractivity contribution in [1.29, 1.82) is 0 Å². The molecule has 2 nitrogen and oxygen atoms in total. The topological polar surface area (TPSA) is 19.7 Å². The molecule has 0 radical (unpaired) electrons. The predicted octanol–water partition coefficient (Wildman–Crippen LogP) is 2.11. The average Bonchev–Trinajstić information content (AvgIpc) is 2.48. The van der Waals surface area contributed by atoms with E-state index in [2.05, 4.69) is 47.7 Å². The van der Waals surface area contributed by atoms with Crippen molar-refractivity contribution in [2.24, 2.45) is 5.92 Å². The van der Waals surface area contributed by atoms with Gasteiger partial charge in [0.15, 0.2) is 11.0 Å². The van der Waals surface area contributed by atoms with Crippen molar-refractivity contribution in [3.05, 3.63) is 30.6 Å². The van der Waals surface area contributed by atoms with Gasteiger partial charge in [-0.2, -0.15) is 0 Å². The maximum atomic E-state index is 3.26. The Balaban J connectivity index is 2.46. The van der Waals surface area contributed by atoms with Crippen molar-refractivity contribution < 1.29 is 4.57 Å².